The molecule has 0 fully saturated rings. The number of amides is 1. The van der Waals surface area contributed by atoms with E-state index in [0.717, 1.165) is 16.8 Å². The van der Waals surface area contributed by atoms with E-state index in [1.54, 1.807) is 6.07 Å². The number of nitrogens with one attached hydrogen (secondary N) is 1. The Morgan fingerprint density at radius 3 is 2.41 bits per heavy atom. The van der Waals surface area contributed by atoms with Crippen molar-refractivity contribution in [3.8, 4) is 0 Å². The molecule has 0 atom stereocenters. The molecule has 1 aromatic heterocycles. The summed E-state index contributed by atoms with van der Waals surface area (Å²) in [4.78, 5) is 12.6. The van der Waals surface area contributed by atoms with Crippen LogP contribution in [-0.4, -0.2) is 5.91 Å². The summed E-state index contributed by atoms with van der Waals surface area (Å²) < 4.78 is 0. The van der Waals surface area contributed by atoms with Crippen LogP contribution in [-0.2, 0) is 0 Å². The molecule has 17 heavy (non-hydrogen) atoms. The van der Waals surface area contributed by atoms with Crippen molar-refractivity contribution in [1.82, 2.24) is 0 Å². The van der Waals surface area contributed by atoms with Crippen molar-refractivity contribution in [3.63, 3.8) is 0 Å². The van der Waals surface area contributed by atoms with Crippen molar-refractivity contribution in [2.24, 2.45) is 0 Å². The van der Waals surface area contributed by atoms with Gasteiger partial charge >= 0.3 is 0 Å². The maximum atomic E-state index is 12.0. The van der Waals surface area contributed by atoms with Gasteiger partial charge in [-0.2, -0.15) is 0 Å². The largest absolute Gasteiger partial charge is 0.321 e. The number of hydrogen-bond acceptors (Lipinski definition) is 2. The first-order valence-electron chi connectivity index (χ1n) is 5.20. The molecule has 2 aromatic rings. The van der Waals surface area contributed by atoms with Gasteiger partial charge in [0.15, 0.2) is 0 Å². The minimum Gasteiger partial charge on any atom is -0.321 e. The summed E-state index contributed by atoms with van der Waals surface area (Å²) in [7, 11) is 0. The Labute approximate surface area is 109 Å². The molecule has 1 heterocycles. The van der Waals surface area contributed by atoms with Gasteiger partial charge in [0.05, 0.1) is 5.02 Å². The van der Waals surface area contributed by atoms with Crippen molar-refractivity contribution in [2.45, 2.75) is 13.8 Å². The van der Waals surface area contributed by atoms with E-state index in [9.17, 15) is 4.79 Å². The lowest BCUT2D eigenvalue weighted by molar-refractivity contribution is 0.103. The molecule has 4 heteroatoms. The number of aryl methyl sites for hydroxylation is 2. The predicted octanol–water partition coefficient (Wildman–Crippen LogP) is 4.27. The average Bonchev–Trinajstić information content (AvgIpc) is 2.70. The smallest absolute Gasteiger partial charge is 0.267 e. The van der Waals surface area contributed by atoms with E-state index in [0.29, 0.717) is 9.90 Å². The minimum absolute atomic E-state index is 0.151. The third kappa shape index (κ3) is 2.51. The molecule has 0 aliphatic carbocycles. The molecule has 1 N–H and O–H groups in total. The van der Waals surface area contributed by atoms with Crippen LogP contribution < -0.4 is 5.32 Å². The minimum atomic E-state index is -0.151. The standard InChI is InChI=1S/C13H12ClNOS/c1-8-4-3-5-9(2)11(8)15-13(16)12-10(14)6-7-17-12/h3-7H,1-2H3,(H,15,16). The topological polar surface area (TPSA) is 29.1 Å². The molecule has 1 aromatic carbocycles. The fraction of sp³-hybridized carbons (Fsp3) is 0.154. The van der Waals surface area contributed by atoms with E-state index in [1.165, 1.54) is 11.3 Å². The van der Waals surface area contributed by atoms with E-state index in [-0.39, 0.29) is 5.91 Å². The molecule has 0 aliphatic rings. The second-order valence-electron chi connectivity index (χ2n) is 3.82. The van der Waals surface area contributed by atoms with Crippen LogP contribution in [0, 0.1) is 13.8 Å². The van der Waals surface area contributed by atoms with Gasteiger partial charge in [-0.05, 0) is 36.4 Å². The first-order chi connectivity index (χ1) is 8.09. The molecular weight excluding hydrogens is 254 g/mol. The maximum Gasteiger partial charge on any atom is 0.267 e. The van der Waals surface area contributed by atoms with Crippen molar-refractivity contribution < 1.29 is 4.79 Å². The average molecular weight is 266 g/mol. The number of para-hydroxylation sites is 1. The van der Waals surface area contributed by atoms with Crippen molar-refractivity contribution >= 4 is 34.5 Å². The van der Waals surface area contributed by atoms with E-state index >= 15 is 0 Å². The summed E-state index contributed by atoms with van der Waals surface area (Å²) in [5, 5.41) is 5.22. The van der Waals surface area contributed by atoms with Gasteiger partial charge in [-0.15, -0.1) is 11.3 Å². The highest BCUT2D eigenvalue weighted by Gasteiger charge is 2.13. The third-order valence-corrected chi connectivity index (χ3v) is 3.88. The Morgan fingerprint density at radius 1 is 1.24 bits per heavy atom. The summed E-state index contributed by atoms with van der Waals surface area (Å²) in [5.74, 6) is -0.151. The molecule has 0 spiro atoms. The van der Waals surface area contributed by atoms with Gasteiger partial charge in [-0.25, -0.2) is 0 Å². The Morgan fingerprint density at radius 2 is 1.88 bits per heavy atom. The molecular formula is C13H12ClNOS. The molecule has 0 unspecified atom stereocenters. The van der Waals surface area contributed by atoms with Crippen molar-refractivity contribution in [1.29, 1.82) is 0 Å². The number of anilines is 1. The van der Waals surface area contributed by atoms with Gasteiger partial charge < -0.3 is 5.32 Å². The zero-order chi connectivity index (χ0) is 12.4. The zero-order valence-electron chi connectivity index (χ0n) is 9.58. The number of thiophene rings is 1. The zero-order valence-corrected chi connectivity index (χ0v) is 11.2. The summed E-state index contributed by atoms with van der Waals surface area (Å²) in [6.45, 7) is 3.94. The van der Waals surface area contributed by atoms with Crippen LogP contribution >= 0.6 is 22.9 Å². The highest BCUT2D eigenvalue weighted by atomic mass is 35.5. The molecule has 0 radical (unpaired) electrons. The lowest BCUT2D eigenvalue weighted by atomic mass is 10.1. The highest BCUT2D eigenvalue weighted by Crippen LogP contribution is 2.25. The molecule has 0 saturated heterocycles. The summed E-state index contributed by atoms with van der Waals surface area (Å²) in [6.07, 6.45) is 0. The van der Waals surface area contributed by atoms with Crippen molar-refractivity contribution in [3.05, 3.63) is 50.7 Å². The molecule has 1 amide bonds. The molecule has 2 nitrogen and oxygen atoms in total. The summed E-state index contributed by atoms with van der Waals surface area (Å²) in [5.41, 5.74) is 2.96. The van der Waals surface area contributed by atoms with Gasteiger partial charge in [0.2, 0.25) is 0 Å². The second kappa shape index (κ2) is 4.90. The first-order valence-corrected chi connectivity index (χ1v) is 6.46. The Bertz CT molecular complexity index is 542. The fourth-order valence-electron chi connectivity index (χ4n) is 1.64. The summed E-state index contributed by atoms with van der Waals surface area (Å²) in [6, 6.07) is 7.64. The van der Waals surface area contributed by atoms with Crippen LogP contribution in [0.1, 0.15) is 20.8 Å². The lowest BCUT2D eigenvalue weighted by Crippen LogP contribution is -2.12. The van der Waals surface area contributed by atoms with E-state index in [1.807, 2.05) is 37.4 Å². The number of rotatable bonds is 2. The monoisotopic (exact) mass is 265 g/mol. The van der Waals surface area contributed by atoms with Gasteiger partial charge in [0, 0.05) is 5.69 Å². The van der Waals surface area contributed by atoms with E-state index in [4.69, 9.17) is 11.6 Å². The molecule has 2 rings (SSSR count). The van der Waals surface area contributed by atoms with Gasteiger partial charge in [-0.3, -0.25) is 4.79 Å². The van der Waals surface area contributed by atoms with Crippen molar-refractivity contribution in [2.75, 3.05) is 5.32 Å². The Balaban J connectivity index is 2.28. The maximum absolute atomic E-state index is 12.0. The number of benzene rings is 1. The quantitative estimate of drug-likeness (QED) is 0.863. The van der Waals surface area contributed by atoms with Crippen LogP contribution in [0.15, 0.2) is 29.6 Å². The van der Waals surface area contributed by atoms with Crippen LogP contribution in [0.5, 0.6) is 0 Å². The highest BCUT2D eigenvalue weighted by molar-refractivity contribution is 7.12. The SMILES string of the molecule is Cc1cccc(C)c1NC(=O)c1sccc1Cl. The fourth-order valence-corrected chi connectivity index (χ4v) is 2.67. The van der Waals surface area contributed by atoms with Crippen LogP contribution in [0.3, 0.4) is 0 Å². The van der Waals surface area contributed by atoms with Gasteiger partial charge in [0.1, 0.15) is 4.88 Å². The van der Waals surface area contributed by atoms with E-state index < -0.39 is 0 Å². The van der Waals surface area contributed by atoms with Crippen LogP contribution in [0.4, 0.5) is 5.69 Å². The lowest BCUT2D eigenvalue weighted by Gasteiger charge is -2.10. The summed E-state index contributed by atoms with van der Waals surface area (Å²) >= 11 is 7.27. The van der Waals surface area contributed by atoms with E-state index in [2.05, 4.69) is 5.32 Å². The second-order valence-corrected chi connectivity index (χ2v) is 5.14. The van der Waals surface area contributed by atoms with Gasteiger partial charge in [-0.1, -0.05) is 29.8 Å². The normalized spacial score (nSPS) is 10.3. The number of carbonyl (C=O) groups is 1. The molecule has 0 saturated carbocycles. The number of carbonyl (C=O) groups excluding carboxylic acids is 1. The molecule has 0 bridgehead atoms. The Hall–Kier alpha value is -1.32. The van der Waals surface area contributed by atoms with Gasteiger partial charge in [0.25, 0.3) is 5.91 Å². The van der Waals surface area contributed by atoms with Crippen LogP contribution in [0.25, 0.3) is 0 Å². The first kappa shape index (κ1) is 12.1. The predicted molar refractivity (Wildman–Crippen MR) is 73.2 cm³/mol. The molecule has 0 aliphatic heterocycles. The number of halogens is 1. The number of hydrogen-bond donors (Lipinski definition) is 1. The Kier molecular flexibility index (Phi) is 3.50. The third-order valence-electron chi connectivity index (χ3n) is 2.54. The molecule has 88 valence electrons. The van der Waals surface area contributed by atoms with Crippen LogP contribution in [0.2, 0.25) is 5.02 Å².